The largest absolute Gasteiger partial charge is 0.384 e. The van der Waals surface area contributed by atoms with Crippen molar-refractivity contribution < 1.29 is 0 Å². The molecule has 0 spiro atoms. The lowest BCUT2D eigenvalue weighted by Crippen LogP contribution is -1.98. The van der Waals surface area contributed by atoms with Crippen LogP contribution in [0.15, 0.2) is 48.7 Å². The van der Waals surface area contributed by atoms with Crippen molar-refractivity contribution in [3.05, 3.63) is 53.7 Å². The summed E-state index contributed by atoms with van der Waals surface area (Å²) in [5, 5.41) is 5.83. The molecule has 0 atom stereocenters. The maximum atomic E-state index is 6.03. The minimum Gasteiger partial charge on any atom is -0.384 e. The molecule has 0 saturated carbocycles. The smallest absolute Gasteiger partial charge is 0.139 e. The summed E-state index contributed by atoms with van der Waals surface area (Å²) in [6, 6.07) is 13.0. The van der Waals surface area contributed by atoms with Crippen LogP contribution < -0.4 is 11.1 Å². The van der Waals surface area contributed by atoms with E-state index in [-0.39, 0.29) is 0 Å². The normalized spacial score (nSPS) is 10.6. The van der Waals surface area contributed by atoms with Gasteiger partial charge in [0.1, 0.15) is 17.5 Å². The van der Waals surface area contributed by atoms with Crippen LogP contribution in [-0.2, 0) is 0 Å². The maximum absolute atomic E-state index is 6.03. The number of nitrogens with one attached hydrogen (secondary N) is 1. The lowest BCUT2D eigenvalue weighted by molar-refractivity contribution is 1.27. The number of aromatic nitrogens is 2. The molecule has 0 aliphatic heterocycles. The van der Waals surface area contributed by atoms with Gasteiger partial charge in [-0.2, -0.15) is 0 Å². The van der Waals surface area contributed by atoms with Gasteiger partial charge in [-0.1, -0.05) is 23.7 Å². The van der Waals surface area contributed by atoms with Crippen LogP contribution in [0.3, 0.4) is 0 Å². The highest BCUT2D eigenvalue weighted by atomic mass is 35.5. The van der Waals surface area contributed by atoms with Crippen molar-refractivity contribution in [3.8, 4) is 0 Å². The number of nitrogen functional groups attached to an aromatic ring is 1. The highest BCUT2D eigenvalue weighted by Gasteiger charge is 2.04. The van der Waals surface area contributed by atoms with E-state index in [9.17, 15) is 0 Å². The van der Waals surface area contributed by atoms with E-state index in [4.69, 9.17) is 17.3 Å². The van der Waals surface area contributed by atoms with Crippen LogP contribution in [0, 0.1) is 0 Å². The van der Waals surface area contributed by atoms with Crippen molar-refractivity contribution in [2.45, 2.75) is 0 Å². The first-order valence-electron chi connectivity index (χ1n) is 5.76. The van der Waals surface area contributed by atoms with Gasteiger partial charge in [-0.15, -0.1) is 0 Å². The molecule has 0 radical (unpaired) electrons. The average molecular weight is 271 g/mol. The van der Waals surface area contributed by atoms with Gasteiger partial charge in [0.05, 0.1) is 0 Å². The number of anilines is 3. The molecule has 0 bridgehead atoms. The van der Waals surface area contributed by atoms with E-state index >= 15 is 0 Å². The Hall–Kier alpha value is -2.33. The Morgan fingerprint density at radius 2 is 2.00 bits per heavy atom. The summed E-state index contributed by atoms with van der Waals surface area (Å²) in [7, 11) is 0. The zero-order valence-corrected chi connectivity index (χ0v) is 10.7. The number of nitrogens with zero attached hydrogens (tertiary/aromatic N) is 2. The highest BCUT2D eigenvalue weighted by molar-refractivity contribution is 6.31. The molecule has 0 fully saturated rings. The topological polar surface area (TPSA) is 63.8 Å². The fraction of sp³-hybridized carbons (Fsp3) is 0. The van der Waals surface area contributed by atoms with E-state index in [0.29, 0.717) is 22.5 Å². The number of hydrogen-bond acceptors (Lipinski definition) is 4. The van der Waals surface area contributed by atoms with E-state index in [2.05, 4.69) is 15.3 Å². The Labute approximate surface area is 115 Å². The summed E-state index contributed by atoms with van der Waals surface area (Å²) in [6.45, 7) is 0. The van der Waals surface area contributed by atoms with Gasteiger partial charge >= 0.3 is 0 Å². The summed E-state index contributed by atoms with van der Waals surface area (Å²) in [5.41, 5.74) is 5.66. The van der Waals surface area contributed by atoms with Crippen LogP contribution in [-0.4, -0.2) is 9.97 Å². The monoisotopic (exact) mass is 270 g/mol. The number of nitrogens with two attached hydrogens (primary N) is 1. The van der Waals surface area contributed by atoms with Gasteiger partial charge in [0.25, 0.3) is 0 Å². The first-order valence-corrected chi connectivity index (χ1v) is 6.14. The quantitative estimate of drug-likeness (QED) is 0.747. The molecule has 0 aliphatic rings. The van der Waals surface area contributed by atoms with Crippen molar-refractivity contribution >= 4 is 39.8 Å². The number of halogens is 1. The Kier molecular flexibility index (Phi) is 2.93. The van der Waals surface area contributed by atoms with E-state index < -0.39 is 0 Å². The maximum Gasteiger partial charge on any atom is 0.139 e. The van der Waals surface area contributed by atoms with E-state index in [0.717, 1.165) is 10.8 Å². The molecule has 1 aromatic carbocycles. The van der Waals surface area contributed by atoms with Gasteiger partial charge in [0.2, 0.25) is 0 Å². The summed E-state index contributed by atoms with van der Waals surface area (Å²) in [6.07, 6.45) is 1.74. The second-order valence-corrected chi connectivity index (χ2v) is 4.53. The van der Waals surface area contributed by atoms with Crippen molar-refractivity contribution in [2.24, 2.45) is 0 Å². The summed E-state index contributed by atoms with van der Waals surface area (Å²) < 4.78 is 0. The van der Waals surface area contributed by atoms with Crippen LogP contribution in [0.5, 0.6) is 0 Å². The van der Waals surface area contributed by atoms with Gasteiger partial charge in [-0.3, -0.25) is 0 Å². The Balaban J connectivity index is 2.07. The number of rotatable bonds is 2. The number of benzene rings is 1. The third kappa shape index (κ3) is 2.44. The fourth-order valence-corrected chi connectivity index (χ4v) is 2.05. The minimum atomic E-state index is 0.461. The fourth-order valence-electron chi connectivity index (χ4n) is 1.88. The zero-order valence-electron chi connectivity index (χ0n) is 9.97. The molecule has 0 amide bonds. The number of pyridine rings is 2. The molecular weight excluding hydrogens is 260 g/mol. The van der Waals surface area contributed by atoms with Gasteiger partial charge in [-0.25, -0.2) is 9.97 Å². The highest BCUT2D eigenvalue weighted by Crippen LogP contribution is 2.26. The molecule has 3 rings (SSSR count). The van der Waals surface area contributed by atoms with E-state index in [1.54, 1.807) is 12.3 Å². The molecule has 3 aromatic rings. The molecule has 4 nitrogen and oxygen atoms in total. The standard InChI is InChI=1S/C14H11ClN4/c15-10-5-4-9-6-7-17-14(11(9)8-10)19-13-3-1-2-12(16)18-13/h1-8H,(H3,16,17,18,19). The third-order valence-corrected chi connectivity index (χ3v) is 2.98. The first-order chi connectivity index (χ1) is 9.22. The summed E-state index contributed by atoms with van der Waals surface area (Å²) in [4.78, 5) is 8.51. The van der Waals surface area contributed by atoms with Crippen LogP contribution in [0.1, 0.15) is 0 Å². The van der Waals surface area contributed by atoms with Crippen LogP contribution in [0.4, 0.5) is 17.5 Å². The molecule has 0 saturated heterocycles. The molecule has 0 aliphatic carbocycles. The lowest BCUT2D eigenvalue weighted by atomic mass is 10.1. The predicted molar refractivity (Wildman–Crippen MR) is 78.7 cm³/mol. The SMILES string of the molecule is Nc1cccc(Nc2nccc3ccc(Cl)cc23)n1. The summed E-state index contributed by atoms with van der Waals surface area (Å²) >= 11 is 6.03. The lowest BCUT2D eigenvalue weighted by Gasteiger charge is -2.08. The molecule has 2 aromatic heterocycles. The third-order valence-electron chi connectivity index (χ3n) is 2.75. The second-order valence-electron chi connectivity index (χ2n) is 4.10. The van der Waals surface area contributed by atoms with Crippen molar-refractivity contribution in [1.29, 1.82) is 0 Å². The Bertz CT molecular complexity index is 742. The van der Waals surface area contributed by atoms with Crippen molar-refractivity contribution in [3.63, 3.8) is 0 Å². The molecule has 2 heterocycles. The molecule has 19 heavy (non-hydrogen) atoms. The first kappa shape index (κ1) is 11.7. The van der Waals surface area contributed by atoms with Gasteiger partial charge < -0.3 is 11.1 Å². The van der Waals surface area contributed by atoms with Crippen LogP contribution >= 0.6 is 11.6 Å². The van der Waals surface area contributed by atoms with E-state index in [1.165, 1.54) is 0 Å². The predicted octanol–water partition coefficient (Wildman–Crippen LogP) is 3.61. The van der Waals surface area contributed by atoms with Gasteiger partial charge in [0, 0.05) is 16.6 Å². The molecule has 94 valence electrons. The number of hydrogen-bond donors (Lipinski definition) is 2. The van der Waals surface area contributed by atoms with Crippen LogP contribution in [0.25, 0.3) is 10.8 Å². The molecule has 3 N–H and O–H groups in total. The molecule has 5 heteroatoms. The molecular formula is C14H11ClN4. The Morgan fingerprint density at radius 1 is 1.11 bits per heavy atom. The van der Waals surface area contributed by atoms with Gasteiger partial charge in [0.15, 0.2) is 0 Å². The Morgan fingerprint density at radius 3 is 2.84 bits per heavy atom. The van der Waals surface area contributed by atoms with E-state index in [1.807, 2.05) is 36.4 Å². The zero-order chi connectivity index (χ0) is 13.2. The number of fused-ring (bicyclic) bond motifs is 1. The van der Waals surface area contributed by atoms with Crippen LogP contribution in [0.2, 0.25) is 5.02 Å². The average Bonchev–Trinajstić information content (AvgIpc) is 2.39. The van der Waals surface area contributed by atoms with Crippen molar-refractivity contribution in [2.75, 3.05) is 11.1 Å². The summed E-state index contributed by atoms with van der Waals surface area (Å²) in [5.74, 6) is 1.82. The molecule has 0 unspecified atom stereocenters. The van der Waals surface area contributed by atoms with Crippen molar-refractivity contribution in [1.82, 2.24) is 9.97 Å². The minimum absolute atomic E-state index is 0.461. The van der Waals surface area contributed by atoms with Gasteiger partial charge in [-0.05, 0) is 35.7 Å². The second kappa shape index (κ2) is 4.74.